The number of aromatic nitrogens is 2. The van der Waals surface area contributed by atoms with Gasteiger partial charge in [-0.05, 0) is 126 Å². The van der Waals surface area contributed by atoms with Crippen LogP contribution in [0.4, 0.5) is 0 Å². The molecule has 2 aromatic heterocycles. The highest BCUT2D eigenvalue weighted by molar-refractivity contribution is 6.40. The second-order valence-corrected chi connectivity index (χ2v) is 14.9. The first-order chi connectivity index (χ1) is 26.7. The number of para-hydroxylation sites is 2. The Hall–Kier alpha value is -6.64. The normalized spacial score (nSPS) is 12.4. The molecule has 0 saturated heterocycles. The molecule has 2 heteroatoms. The number of hydrogen-bond donors (Lipinski definition) is 0. The first-order valence-electron chi connectivity index (χ1n) is 19.3. The molecule has 0 saturated carbocycles. The number of rotatable bonds is 4. The highest BCUT2D eigenvalue weighted by Gasteiger charge is 2.24. The van der Waals surface area contributed by atoms with E-state index in [1.807, 2.05) is 0 Å². The molecule has 0 atom stereocenters. The molecule has 254 valence electrons. The van der Waals surface area contributed by atoms with Crippen molar-refractivity contribution in [3.63, 3.8) is 0 Å². The minimum absolute atomic E-state index is 0.931. The first kappa shape index (κ1) is 29.9. The Kier molecular flexibility index (Phi) is 6.06. The lowest BCUT2D eigenvalue weighted by Gasteiger charge is -2.23. The minimum atomic E-state index is 0.931. The van der Waals surface area contributed by atoms with Crippen LogP contribution in [0.3, 0.4) is 0 Å². The first-order valence-corrected chi connectivity index (χ1v) is 19.3. The van der Waals surface area contributed by atoms with E-state index in [1.54, 1.807) is 0 Å². The molecule has 2 nitrogen and oxygen atoms in total. The molecule has 0 spiro atoms. The van der Waals surface area contributed by atoms with Gasteiger partial charge in [0.2, 0.25) is 0 Å². The molecule has 0 aliphatic heterocycles. The summed E-state index contributed by atoms with van der Waals surface area (Å²) < 4.78 is 4.91. The lowest BCUT2D eigenvalue weighted by Crippen LogP contribution is -1.96. The Morgan fingerprint density at radius 1 is 0.315 bits per heavy atom. The molecule has 0 N–H and O–H groups in total. The van der Waals surface area contributed by atoms with Crippen molar-refractivity contribution in [1.82, 2.24) is 9.13 Å². The van der Waals surface area contributed by atoms with Gasteiger partial charge in [0.05, 0.1) is 0 Å². The van der Waals surface area contributed by atoms with Gasteiger partial charge in [0, 0.05) is 56.7 Å². The number of nitrogens with zero attached hydrogens (tertiary/aromatic N) is 2. The summed E-state index contributed by atoms with van der Waals surface area (Å²) in [4.78, 5) is 0. The van der Waals surface area contributed by atoms with Crippen LogP contribution in [-0.2, 0) is 13.1 Å². The van der Waals surface area contributed by atoms with Crippen molar-refractivity contribution in [3.8, 4) is 22.3 Å². The van der Waals surface area contributed by atoms with Crippen molar-refractivity contribution in [2.45, 2.75) is 26.9 Å². The van der Waals surface area contributed by atoms with Gasteiger partial charge in [-0.3, -0.25) is 0 Å². The molecule has 12 rings (SSSR count). The van der Waals surface area contributed by atoms with E-state index >= 15 is 0 Å². The Bertz CT molecular complexity index is 3270. The van der Waals surface area contributed by atoms with Crippen LogP contribution in [0.5, 0.6) is 0 Å². The third kappa shape index (κ3) is 3.80. The van der Waals surface area contributed by atoms with Gasteiger partial charge in [0.25, 0.3) is 0 Å². The number of hydrogen-bond acceptors (Lipinski definition) is 0. The standard InChI is InChI=1S/C52H36N2/c1-3-53-43-23-7-5-17-35(43)41-29-33(25-27-45(41)53)49-37-19-9-13-31-15-12-22-40(47(31)37)52-50(38-20-10-14-32-16-11-21-39(48(32)38)51(49)52)34-26-28-46-42(30-34)36-18-6-8-24-44(36)54(46)4-2/h5-30H,3-4H2,1-2H3. The van der Waals surface area contributed by atoms with Crippen molar-refractivity contribution in [2.75, 3.05) is 0 Å². The Labute approximate surface area is 312 Å². The van der Waals surface area contributed by atoms with Crippen molar-refractivity contribution in [1.29, 1.82) is 0 Å². The maximum atomic E-state index is 2.47. The number of fused-ring (bicyclic) bond motifs is 9. The molecule has 0 aliphatic carbocycles. The van der Waals surface area contributed by atoms with Gasteiger partial charge in [-0.1, -0.05) is 121 Å². The zero-order valence-electron chi connectivity index (χ0n) is 30.3. The summed E-state index contributed by atoms with van der Waals surface area (Å²) >= 11 is 0. The van der Waals surface area contributed by atoms with Crippen LogP contribution in [0.15, 0.2) is 158 Å². The zero-order chi connectivity index (χ0) is 35.7. The monoisotopic (exact) mass is 688 g/mol. The van der Waals surface area contributed by atoms with E-state index in [4.69, 9.17) is 0 Å². The van der Waals surface area contributed by atoms with E-state index in [0.29, 0.717) is 0 Å². The van der Waals surface area contributed by atoms with Crippen LogP contribution >= 0.6 is 0 Å². The maximum Gasteiger partial charge on any atom is 0.0491 e. The van der Waals surface area contributed by atoms with Gasteiger partial charge in [0.1, 0.15) is 0 Å². The van der Waals surface area contributed by atoms with Crippen LogP contribution in [0.1, 0.15) is 13.8 Å². The van der Waals surface area contributed by atoms with E-state index in [2.05, 4.69) is 181 Å². The summed E-state index contributed by atoms with van der Waals surface area (Å²) in [6.07, 6.45) is 0. The second-order valence-electron chi connectivity index (χ2n) is 14.9. The highest BCUT2D eigenvalue weighted by atomic mass is 15.0. The van der Waals surface area contributed by atoms with Crippen LogP contribution in [0, 0.1) is 0 Å². The van der Waals surface area contributed by atoms with Crippen molar-refractivity contribution in [3.05, 3.63) is 158 Å². The molecule has 54 heavy (non-hydrogen) atoms. The fourth-order valence-corrected chi connectivity index (χ4v) is 10.3. The van der Waals surface area contributed by atoms with E-state index in [1.165, 1.54) is 120 Å². The molecular formula is C52H36N2. The molecule has 0 fully saturated rings. The Morgan fingerprint density at radius 3 is 1.11 bits per heavy atom. The second kappa shape index (κ2) is 10.9. The predicted molar refractivity (Wildman–Crippen MR) is 233 cm³/mol. The molecular weight excluding hydrogens is 653 g/mol. The summed E-state index contributed by atoms with van der Waals surface area (Å²) in [6, 6.07) is 59.8. The van der Waals surface area contributed by atoms with Crippen molar-refractivity contribution >= 4 is 97.5 Å². The summed E-state index contributed by atoms with van der Waals surface area (Å²) in [5, 5.41) is 18.3. The quantitative estimate of drug-likeness (QED) is 0.129. The maximum absolute atomic E-state index is 2.47. The minimum Gasteiger partial charge on any atom is -0.341 e. The summed E-state index contributed by atoms with van der Waals surface area (Å²) in [5.74, 6) is 0. The lowest BCUT2D eigenvalue weighted by atomic mass is 9.80. The Balaban J connectivity index is 1.32. The van der Waals surface area contributed by atoms with E-state index in [9.17, 15) is 0 Å². The fourth-order valence-electron chi connectivity index (χ4n) is 10.3. The molecule has 0 unspecified atom stereocenters. The van der Waals surface area contributed by atoms with Gasteiger partial charge in [-0.2, -0.15) is 0 Å². The molecule has 0 radical (unpaired) electrons. The van der Waals surface area contributed by atoms with Crippen molar-refractivity contribution < 1.29 is 0 Å². The Morgan fingerprint density at radius 2 is 0.685 bits per heavy atom. The number of benzene rings is 10. The topological polar surface area (TPSA) is 9.86 Å². The molecule has 12 aromatic rings. The fraction of sp³-hybridized carbons (Fsp3) is 0.0769. The third-order valence-corrected chi connectivity index (χ3v) is 12.4. The number of aryl methyl sites for hydroxylation is 2. The third-order valence-electron chi connectivity index (χ3n) is 12.4. The zero-order valence-corrected chi connectivity index (χ0v) is 30.3. The molecule has 10 aromatic carbocycles. The SMILES string of the molecule is CCn1c2ccccc2c2cc(-c3c4cccc5cccc(c6c(-c7ccc8c(c7)c7ccccc7n8CC)c7cccc8cccc(c36)c87)c54)ccc21. The smallest absolute Gasteiger partial charge is 0.0491 e. The van der Waals surface area contributed by atoms with Gasteiger partial charge < -0.3 is 9.13 Å². The predicted octanol–water partition coefficient (Wildman–Crippen LogP) is 14.5. The van der Waals surface area contributed by atoms with Crippen molar-refractivity contribution in [2.24, 2.45) is 0 Å². The summed E-state index contributed by atoms with van der Waals surface area (Å²) in [6.45, 7) is 6.36. The molecule has 0 bridgehead atoms. The average Bonchev–Trinajstić information content (AvgIpc) is 3.72. The van der Waals surface area contributed by atoms with Gasteiger partial charge in [-0.25, -0.2) is 0 Å². The van der Waals surface area contributed by atoms with E-state index in [-0.39, 0.29) is 0 Å². The van der Waals surface area contributed by atoms with Crippen LogP contribution in [0.2, 0.25) is 0 Å². The van der Waals surface area contributed by atoms with Crippen LogP contribution in [-0.4, -0.2) is 9.13 Å². The van der Waals surface area contributed by atoms with Gasteiger partial charge in [-0.15, -0.1) is 0 Å². The van der Waals surface area contributed by atoms with Crippen LogP contribution < -0.4 is 0 Å². The summed E-state index contributed by atoms with van der Waals surface area (Å²) in [5.41, 5.74) is 10.3. The largest absolute Gasteiger partial charge is 0.341 e. The van der Waals surface area contributed by atoms with Crippen LogP contribution in [0.25, 0.3) is 120 Å². The average molecular weight is 689 g/mol. The lowest BCUT2D eigenvalue weighted by molar-refractivity contribution is 0.827. The summed E-state index contributed by atoms with van der Waals surface area (Å²) in [7, 11) is 0. The highest BCUT2D eigenvalue weighted by Crippen LogP contribution is 2.52. The molecule has 0 amide bonds. The van der Waals surface area contributed by atoms with E-state index < -0.39 is 0 Å². The molecule has 2 heterocycles. The molecule has 0 aliphatic rings. The van der Waals surface area contributed by atoms with Gasteiger partial charge >= 0.3 is 0 Å². The van der Waals surface area contributed by atoms with Gasteiger partial charge in [0.15, 0.2) is 0 Å². The van der Waals surface area contributed by atoms with E-state index in [0.717, 1.165) is 13.1 Å².